The Kier molecular flexibility index (Phi) is 3.75. The molecule has 1 aromatic carbocycles. The molecule has 2 aromatic rings. The van der Waals surface area contributed by atoms with Crippen LogP contribution in [-0.2, 0) is 13.0 Å². The van der Waals surface area contributed by atoms with Gasteiger partial charge in [0, 0.05) is 37.8 Å². The van der Waals surface area contributed by atoms with E-state index in [0.717, 1.165) is 29.8 Å². The SMILES string of the molecule is CC(c1ccccc1)N(C)C(=O)c1n[nH]c2c1CNCC2. The van der Waals surface area contributed by atoms with Crippen LogP contribution in [0.3, 0.4) is 0 Å². The lowest BCUT2D eigenvalue weighted by atomic mass is 10.0. The van der Waals surface area contributed by atoms with Crippen molar-refractivity contribution in [2.24, 2.45) is 0 Å². The molecule has 0 saturated carbocycles. The van der Waals surface area contributed by atoms with Crippen molar-refractivity contribution in [1.82, 2.24) is 20.4 Å². The van der Waals surface area contributed by atoms with Gasteiger partial charge in [-0.1, -0.05) is 30.3 Å². The van der Waals surface area contributed by atoms with E-state index >= 15 is 0 Å². The fourth-order valence-electron chi connectivity index (χ4n) is 2.70. The molecule has 3 rings (SSSR count). The molecule has 5 nitrogen and oxygen atoms in total. The van der Waals surface area contributed by atoms with Crippen LogP contribution in [0.4, 0.5) is 0 Å². The third-order valence-corrected chi connectivity index (χ3v) is 4.19. The van der Waals surface area contributed by atoms with Gasteiger partial charge in [0.2, 0.25) is 0 Å². The molecule has 21 heavy (non-hydrogen) atoms. The van der Waals surface area contributed by atoms with Crippen molar-refractivity contribution in [3.63, 3.8) is 0 Å². The first-order valence-corrected chi connectivity index (χ1v) is 7.27. The summed E-state index contributed by atoms with van der Waals surface area (Å²) in [5.74, 6) is -0.0347. The van der Waals surface area contributed by atoms with Gasteiger partial charge < -0.3 is 10.2 Å². The Morgan fingerprint density at radius 3 is 2.86 bits per heavy atom. The fraction of sp³-hybridized carbons (Fsp3) is 0.375. The molecule has 0 radical (unpaired) electrons. The summed E-state index contributed by atoms with van der Waals surface area (Å²) in [6, 6.07) is 10.1. The van der Waals surface area contributed by atoms with Crippen LogP contribution in [0.15, 0.2) is 30.3 Å². The summed E-state index contributed by atoms with van der Waals surface area (Å²) in [5.41, 5.74) is 3.76. The summed E-state index contributed by atoms with van der Waals surface area (Å²) in [5, 5.41) is 10.5. The summed E-state index contributed by atoms with van der Waals surface area (Å²) in [6.07, 6.45) is 0.896. The Labute approximate surface area is 124 Å². The van der Waals surface area contributed by atoms with Gasteiger partial charge in [0.25, 0.3) is 5.91 Å². The second-order valence-corrected chi connectivity index (χ2v) is 5.46. The molecule has 5 heteroatoms. The lowest BCUT2D eigenvalue weighted by Crippen LogP contribution is -2.32. The maximum Gasteiger partial charge on any atom is 0.274 e. The molecule has 0 spiro atoms. The van der Waals surface area contributed by atoms with Crippen molar-refractivity contribution in [2.75, 3.05) is 13.6 Å². The number of amides is 1. The maximum absolute atomic E-state index is 12.7. The van der Waals surface area contributed by atoms with Crippen molar-refractivity contribution in [1.29, 1.82) is 0 Å². The van der Waals surface area contributed by atoms with Crippen LogP contribution in [0.2, 0.25) is 0 Å². The molecule has 0 aliphatic carbocycles. The number of carbonyl (C=O) groups is 1. The first-order valence-electron chi connectivity index (χ1n) is 7.27. The third kappa shape index (κ3) is 2.56. The molecule has 0 bridgehead atoms. The van der Waals surface area contributed by atoms with Gasteiger partial charge in [-0.15, -0.1) is 0 Å². The van der Waals surface area contributed by atoms with Gasteiger partial charge in [0.1, 0.15) is 0 Å². The Morgan fingerprint density at radius 2 is 2.10 bits per heavy atom. The van der Waals surface area contributed by atoms with E-state index in [9.17, 15) is 4.79 Å². The van der Waals surface area contributed by atoms with E-state index in [-0.39, 0.29) is 11.9 Å². The van der Waals surface area contributed by atoms with Crippen molar-refractivity contribution in [3.8, 4) is 0 Å². The molecule has 0 saturated heterocycles. The molecular weight excluding hydrogens is 264 g/mol. The minimum Gasteiger partial charge on any atom is -0.334 e. The van der Waals surface area contributed by atoms with E-state index in [1.807, 2.05) is 44.3 Å². The molecule has 1 amide bonds. The standard InChI is InChI=1S/C16H20N4O/c1-11(12-6-4-3-5-7-12)20(2)16(21)15-13-10-17-9-8-14(13)18-19-15/h3-7,11,17H,8-10H2,1-2H3,(H,18,19). The van der Waals surface area contributed by atoms with Crippen molar-refractivity contribution >= 4 is 5.91 Å². The molecule has 1 aliphatic heterocycles. The van der Waals surface area contributed by atoms with Crippen LogP contribution in [0.1, 0.15) is 40.3 Å². The number of fused-ring (bicyclic) bond motifs is 1. The summed E-state index contributed by atoms with van der Waals surface area (Å²) in [6.45, 7) is 3.67. The van der Waals surface area contributed by atoms with E-state index in [1.54, 1.807) is 4.90 Å². The van der Waals surface area contributed by atoms with Gasteiger partial charge in [-0.2, -0.15) is 5.10 Å². The smallest absolute Gasteiger partial charge is 0.274 e. The Hall–Kier alpha value is -2.14. The number of aromatic nitrogens is 2. The topological polar surface area (TPSA) is 61.0 Å². The zero-order valence-corrected chi connectivity index (χ0v) is 12.4. The maximum atomic E-state index is 12.7. The quantitative estimate of drug-likeness (QED) is 0.905. The minimum absolute atomic E-state index is 0.0163. The number of H-pyrrole nitrogens is 1. The average molecular weight is 284 g/mol. The summed E-state index contributed by atoms with van der Waals surface area (Å²) in [7, 11) is 1.83. The Bertz CT molecular complexity index is 635. The predicted molar refractivity (Wildman–Crippen MR) is 80.9 cm³/mol. The van der Waals surface area contributed by atoms with Crippen molar-refractivity contribution < 1.29 is 4.79 Å². The monoisotopic (exact) mass is 284 g/mol. The lowest BCUT2D eigenvalue weighted by molar-refractivity contribution is 0.0735. The Morgan fingerprint density at radius 1 is 1.33 bits per heavy atom. The van der Waals surface area contributed by atoms with Crippen LogP contribution in [-0.4, -0.2) is 34.6 Å². The van der Waals surface area contributed by atoms with E-state index in [4.69, 9.17) is 0 Å². The number of benzene rings is 1. The lowest BCUT2D eigenvalue weighted by Gasteiger charge is -2.25. The molecule has 2 N–H and O–H groups in total. The van der Waals surface area contributed by atoms with E-state index < -0.39 is 0 Å². The molecule has 1 atom stereocenters. The molecule has 1 aliphatic rings. The van der Waals surface area contributed by atoms with E-state index in [0.29, 0.717) is 12.2 Å². The molecule has 1 unspecified atom stereocenters. The number of carbonyl (C=O) groups excluding carboxylic acids is 1. The molecule has 2 heterocycles. The minimum atomic E-state index is -0.0347. The van der Waals surface area contributed by atoms with Gasteiger partial charge in [-0.05, 0) is 12.5 Å². The second kappa shape index (κ2) is 5.69. The normalized spacial score (nSPS) is 15.3. The number of aromatic amines is 1. The van der Waals surface area contributed by atoms with Crippen molar-refractivity contribution in [2.45, 2.75) is 25.9 Å². The summed E-state index contributed by atoms with van der Waals surface area (Å²) in [4.78, 5) is 14.5. The van der Waals surface area contributed by atoms with Crippen LogP contribution in [0.25, 0.3) is 0 Å². The largest absolute Gasteiger partial charge is 0.334 e. The number of nitrogens with zero attached hydrogens (tertiary/aromatic N) is 2. The Balaban J connectivity index is 1.83. The highest BCUT2D eigenvalue weighted by molar-refractivity contribution is 5.94. The van der Waals surface area contributed by atoms with Crippen LogP contribution in [0, 0.1) is 0 Å². The van der Waals surface area contributed by atoms with Gasteiger partial charge in [-0.25, -0.2) is 0 Å². The summed E-state index contributed by atoms with van der Waals surface area (Å²) >= 11 is 0. The van der Waals surface area contributed by atoms with Crippen LogP contribution >= 0.6 is 0 Å². The first kappa shape index (κ1) is 13.8. The van der Waals surface area contributed by atoms with Gasteiger partial charge >= 0.3 is 0 Å². The van der Waals surface area contributed by atoms with E-state index in [2.05, 4.69) is 15.5 Å². The van der Waals surface area contributed by atoms with Crippen molar-refractivity contribution in [3.05, 3.63) is 52.8 Å². The van der Waals surface area contributed by atoms with Crippen LogP contribution < -0.4 is 5.32 Å². The third-order valence-electron chi connectivity index (χ3n) is 4.19. The highest BCUT2D eigenvalue weighted by atomic mass is 16.2. The average Bonchev–Trinajstić information content (AvgIpc) is 2.97. The zero-order valence-electron chi connectivity index (χ0n) is 12.4. The predicted octanol–water partition coefficient (Wildman–Crippen LogP) is 1.89. The second-order valence-electron chi connectivity index (χ2n) is 5.46. The highest BCUT2D eigenvalue weighted by Gasteiger charge is 2.26. The fourth-order valence-corrected chi connectivity index (χ4v) is 2.70. The number of hydrogen-bond donors (Lipinski definition) is 2. The summed E-state index contributed by atoms with van der Waals surface area (Å²) < 4.78 is 0. The number of rotatable bonds is 3. The number of hydrogen-bond acceptors (Lipinski definition) is 3. The van der Waals surface area contributed by atoms with Gasteiger partial charge in [0.05, 0.1) is 6.04 Å². The molecular formula is C16H20N4O. The zero-order chi connectivity index (χ0) is 14.8. The molecule has 0 fully saturated rings. The van der Waals surface area contributed by atoms with Gasteiger partial charge in [0.15, 0.2) is 5.69 Å². The van der Waals surface area contributed by atoms with E-state index in [1.165, 1.54) is 0 Å². The van der Waals surface area contributed by atoms with Gasteiger partial charge in [-0.3, -0.25) is 9.89 Å². The number of nitrogens with one attached hydrogen (secondary N) is 2. The first-order chi connectivity index (χ1) is 10.2. The molecule has 110 valence electrons. The highest BCUT2D eigenvalue weighted by Crippen LogP contribution is 2.22. The van der Waals surface area contributed by atoms with Crippen LogP contribution in [0.5, 0.6) is 0 Å². The molecule has 1 aromatic heterocycles.